The number of anilines is 1. The molecule has 1 aromatic carbocycles. The van der Waals surface area contributed by atoms with Gasteiger partial charge >= 0.3 is 0 Å². The van der Waals surface area contributed by atoms with Gasteiger partial charge in [-0.3, -0.25) is 5.10 Å². The van der Waals surface area contributed by atoms with Gasteiger partial charge < -0.3 is 19.6 Å². The molecular weight excluding hydrogens is 272 g/mol. The van der Waals surface area contributed by atoms with Gasteiger partial charge in [0.25, 0.3) is 0 Å². The SMILES string of the molecule is Nc1n[nH]c(-c2ccc(-c3ccc4c(c3)OCCO4)o2)n1. The molecule has 0 fully saturated rings. The van der Waals surface area contributed by atoms with Crippen molar-refractivity contribution in [3.8, 4) is 34.4 Å². The van der Waals surface area contributed by atoms with Gasteiger partial charge in [-0.25, -0.2) is 0 Å². The van der Waals surface area contributed by atoms with Crippen LogP contribution in [0.3, 0.4) is 0 Å². The van der Waals surface area contributed by atoms with E-state index < -0.39 is 0 Å². The highest BCUT2D eigenvalue weighted by Crippen LogP contribution is 2.35. The molecule has 1 aliphatic heterocycles. The summed E-state index contributed by atoms with van der Waals surface area (Å²) in [5.41, 5.74) is 6.39. The van der Waals surface area contributed by atoms with Crippen molar-refractivity contribution >= 4 is 5.95 Å². The Kier molecular flexibility index (Phi) is 2.56. The average Bonchev–Trinajstić information content (AvgIpc) is 3.15. The van der Waals surface area contributed by atoms with E-state index in [0.717, 1.165) is 17.1 Å². The molecule has 0 aliphatic carbocycles. The second-order valence-corrected chi connectivity index (χ2v) is 4.56. The Hall–Kier alpha value is -2.96. The number of nitrogen functional groups attached to an aromatic ring is 1. The topological polar surface area (TPSA) is 99.2 Å². The van der Waals surface area contributed by atoms with Gasteiger partial charge in [-0.2, -0.15) is 4.98 Å². The molecule has 7 heteroatoms. The molecule has 3 heterocycles. The number of furan rings is 1. The molecule has 3 N–H and O–H groups in total. The Labute approximate surface area is 119 Å². The monoisotopic (exact) mass is 284 g/mol. The van der Waals surface area contributed by atoms with Gasteiger partial charge in [0.1, 0.15) is 19.0 Å². The van der Waals surface area contributed by atoms with Crippen LogP contribution >= 0.6 is 0 Å². The third kappa shape index (κ3) is 2.08. The zero-order chi connectivity index (χ0) is 14.2. The molecule has 0 atom stereocenters. The molecule has 106 valence electrons. The molecule has 0 amide bonds. The summed E-state index contributed by atoms with van der Waals surface area (Å²) in [7, 11) is 0. The van der Waals surface area contributed by atoms with Crippen molar-refractivity contribution in [3.63, 3.8) is 0 Å². The summed E-state index contributed by atoms with van der Waals surface area (Å²) in [5.74, 6) is 3.43. The van der Waals surface area contributed by atoms with Gasteiger partial charge in [0.15, 0.2) is 23.1 Å². The smallest absolute Gasteiger partial charge is 0.239 e. The van der Waals surface area contributed by atoms with Crippen molar-refractivity contribution in [2.24, 2.45) is 0 Å². The summed E-state index contributed by atoms with van der Waals surface area (Å²) >= 11 is 0. The Morgan fingerprint density at radius 3 is 2.62 bits per heavy atom. The van der Waals surface area contributed by atoms with Gasteiger partial charge in [-0.15, -0.1) is 5.10 Å². The Bertz CT molecular complexity index is 793. The van der Waals surface area contributed by atoms with Gasteiger partial charge in [0.2, 0.25) is 5.95 Å². The molecule has 2 aromatic heterocycles. The zero-order valence-electron chi connectivity index (χ0n) is 11.0. The molecule has 1 aliphatic rings. The first-order chi connectivity index (χ1) is 10.3. The van der Waals surface area contributed by atoms with Gasteiger partial charge in [0.05, 0.1) is 0 Å². The maximum atomic E-state index is 5.77. The molecule has 0 bridgehead atoms. The zero-order valence-corrected chi connectivity index (χ0v) is 11.0. The van der Waals surface area contributed by atoms with E-state index in [2.05, 4.69) is 15.2 Å². The van der Waals surface area contributed by atoms with Gasteiger partial charge in [-0.1, -0.05) is 0 Å². The van der Waals surface area contributed by atoms with Crippen LogP contribution in [0, 0.1) is 0 Å². The lowest BCUT2D eigenvalue weighted by atomic mass is 10.1. The molecule has 0 saturated heterocycles. The predicted octanol–water partition coefficient (Wildman–Crippen LogP) is 2.09. The van der Waals surface area contributed by atoms with Crippen LogP contribution in [-0.2, 0) is 0 Å². The lowest BCUT2D eigenvalue weighted by Gasteiger charge is -2.18. The Balaban J connectivity index is 1.69. The third-order valence-electron chi connectivity index (χ3n) is 3.17. The summed E-state index contributed by atoms with van der Waals surface area (Å²) < 4.78 is 16.8. The molecule has 0 saturated carbocycles. The van der Waals surface area contributed by atoms with E-state index in [9.17, 15) is 0 Å². The van der Waals surface area contributed by atoms with E-state index in [4.69, 9.17) is 19.6 Å². The highest BCUT2D eigenvalue weighted by atomic mass is 16.6. The maximum Gasteiger partial charge on any atom is 0.239 e. The normalized spacial score (nSPS) is 13.3. The molecule has 0 radical (unpaired) electrons. The quantitative estimate of drug-likeness (QED) is 0.747. The number of hydrogen-bond donors (Lipinski definition) is 2. The molecule has 4 rings (SSSR count). The number of aromatic nitrogens is 3. The first-order valence-corrected chi connectivity index (χ1v) is 6.48. The van der Waals surface area contributed by atoms with E-state index in [0.29, 0.717) is 30.6 Å². The molecule has 0 unspecified atom stereocenters. The van der Waals surface area contributed by atoms with Crippen LogP contribution < -0.4 is 15.2 Å². The van der Waals surface area contributed by atoms with E-state index in [1.54, 1.807) is 0 Å². The minimum atomic E-state index is 0.183. The summed E-state index contributed by atoms with van der Waals surface area (Å²) in [4.78, 5) is 4.03. The number of hydrogen-bond acceptors (Lipinski definition) is 6. The van der Waals surface area contributed by atoms with E-state index in [1.165, 1.54) is 0 Å². The number of benzene rings is 1. The van der Waals surface area contributed by atoms with Gasteiger partial charge in [-0.05, 0) is 30.3 Å². The third-order valence-corrected chi connectivity index (χ3v) is 3.17. The first-order valence-electron chi connectivity index (χ1n) is 6.48. The minimum absolute atomic E-state index is 0.183. The molecule has 3 aromatic rings. The van der Waals surface area contributed by atoms with Crippen molar-refractivity contribution in [2.45, 2.75) is 0 Å². The fraction of sp³-hybridized carbons (Fsp3) is 0.143. The number of nitrogens with one attached hydrogen (secondary N) is 1. The maximum absolute atomic E-state index is 5.77. The second kappa shape index (κ2) is 4.55. The molecule has 7 nitrogen and oxygen atoms in total. The standard InChI is InChI=1S/C14H12N4O3/c15-14-16-13(17-18-14)11-4-3-9(21-11)8-1-2-10-12(7-8)20-6-5-19-10/h1-4,7H,5-6H2,(H3,15,16,17,18). The van der Waals surface area contributed by atoms with Crippen LogP contribution in [-0.4, -0.2) is 28.4 Å². The minimum Gasteiger partial charge on any atom is -0.486 e. The first kappa shape index (κ1) is 11.8. The van der Waals surface area contributed by atoms with Crippen LogP contribution in [0.15, 0.2) is 34.7 Å². The number of H-pyrrole nitrogens is 1. The Morgan fingerprint density at radius 1 is 1.00 bits per heavy atom. The summed E-state index contributed by atoms with van der Waals surface area (Å²) in [5, 5.41) is 6.49. The van der Waals surface area contributed by atoms with Crippen LogP contribution in [0.2, 0.25) is 0 Å². The average molecular weight is 284 g/mol. The van der Waals surface area contributed by atoms with Gasteiger partial charge in [0, 0.05) is 5.56 Å². The lowest BCUT2D eigenvalue weighted by molar-refractivity contribution is 0.171. The molecule has 21 heavy (non-hydrogen) atoms. The molecule has 0 spiro atoms. The van der Waals surface area contributed by atoms with E-state index in [-0.39, 0.29) is 5.95 Å². The summed E-state index contributed by atoms with van der Waals surface area (Å²) in [6.45, 7) is 1.13. The van der Waals surface area contributed by atoms with Crippen LogP contribution in [0.4, 0.5) is 5.95 Å². The largest absolute Gasteiger partial charge is 0.486 e. The van der Waals surface area contributed by atoms with E-state index >= 15 is 0 Å². The Morgan fingerprint density at radius 2 is 1.81 bits per heavy atom. The number of nitrogens with two attached hydrogens (primary N) is 1. The number of ether oxygens (including phenoxy) is 2. The van der Waals surface area contributed by atoms with Crippen molar-refractivity contribution in [3.05, 3.63) is 30.3 Å². The van der Waals surface area contributed by atoms with Crippen molar-refractivity contribution in [2.75, 3.05) is 18.9 Å². The summed E-state index contributed by atoms with van der Waals surface area (Å²) in [6.07, 6.45) is 0. The number of rotatable bonds is 2. The summed E-state index contributed by atoms with van der Waals surface area (Å²) in [6, 6.07) is 9.36. The van der Waals surface area contributed by atoms with Crippen molar-refractivity contribution in [1.29, 1.82) is 0 Å². The highest BCUT2D eigenvalue weighted by Gasteiger charge is 2.15. The second-order valence-electron chi connectivity index (χ2n) is 4.56. The van der Waals surface area contributed by atoms with Crippen molar-refractivity contribution in [1.82, 2.24) is 15.2 Å². The van der Waals surface area contributed by atoms with Crippen LogP contribution in [0.1, 0.15) is 0 Å². The highest BCUT2D eigenvalue weighted by molar-refractivity contribution is 5.65. The van der Waals surface area contributed by atoms with Crippen LogP contribution in [0.5, 0.6) is 11.5 Å². The fourth-order valence-corrected chi connectivity index (χ4v) is 2.20. The molecular formula is C14H12N4O3. The lowest BCUT2D eigenvalue weighted by Crippen LogP contribution is -2.15. The fourth-order valence-electron chi connectivity index (χ4n) is 2.20. The number of aromatic amines is 1. The van der Waals surface area contributed by atoms with E-state index in [1.807, 2.05) is 30.3 Å². The van der Waals surface area contributed by atoms with Crippen molar-refractivity contribution < 1.29 is 13.9 Å². The number of nitrogens with zero attached hydrogens (tertiary/aromatic N) is 2. The van der Waals surface area contributed by atoms with Crippen LogP contribution in [0.25, 0.3) is 22.9 Å². The number of fused-ring (bicyclic) bond motifs is 1. The predicted molar refractivity (Wildman–Crippen MR) is 74.9 cm³/mol.